The van der Waals surface area contributed by atoms with E-state index < -0.39 is 0 Å². The number of aryl methyl sites for hydroxylation is 2. The lowest BCUT2D eigenvalue weighted by Crippen LogP contribution is -2.38. The van der Waals surface area contributed by atoms with Crippen LogP contribution in [0.1, 0.15) is 41.7 Å². The van der Waals surface area contributed by atoms with E-state index in [9.17, 15) is 9.59 Å². The summed E-state index contributed by atoms with van der Waals surface area (Å²) >= 11 is 0. The van der Waals surface area contributed by atoms with Crippen LogP contribution < -0.4 is 5.32 Å². The Hall–Kier alpha value is -4.71. The molecule has 1 N–H and O–H groups in total. The Kier molecular flexibility index (Phi) is 7.83. The van der Waals surface area contributed by atoms with Crippen LogP contribution in [0.2, 0.25) is 0 Å². The zero-order valence-electron chi connectivity index (χ0n) is 22.0. The van der Waals surface area contributed by atoms with Crippen LogP contribution in [0.4, 0.5) is 5.95 Å². The zero-order valence-corrected chi connectivity index (χ0v) is 22.0. The first-order valence-corrected chi connectivity index (χ1v) is 13.2. The quantitative estimate of drug-likeness (QED) is 0.364. The maximum atomic E-state index is 13.3. The molecule has 2 amide bonds. The molecule has 2 aromatic heterocycles. The molecule has 2 aromatic carbocycles. The van der Waals surface area contributed by atoms with E-state index in [1.165, 1.54) is 0 Å². The van der Waals surface area contributed by atoms with Crippen LogP contribution in [0.5, 0.6) is 0 Å². The molecule has 0 radical (unpaired) electrons. The van der Waals surface area contributed by atoms with Gasteiger partial charge in [-0.2, -0.15) is 10.4 Å². The van der Waals surface area contributed by atoms with Gasteiger partial charge in [0, 0.05) is 61.7 Å². The number of rotatable bonds is 8. The molecular weight excluding hydrogens is 490 g/mol. The van der Waals surface area contributed by atoms with Crippen molar-refractivity contribution >= 4 is 17.8 Å². The van der Waals surface area contributed by atoms with Crippen LogP contribution in [0.3, 0.4) is 0 Å². The van der Waals surface area contributed by atoms with E-state index in [4.69, 9.17) is 10.2 Å². The van der Waals surface area contributed by atoms with Gasteiger partial charge in [-0.3, -0.25) is 24.2 Å². The largest absolute Gasteiger partial charge is 0.343 e. The second-order valence-electron chi connectivity index (χ2n) is 9.84. The lowest BCUT2D eigenvalue weighted by atomic mass is 9.98. The molecule has 5 rings (SSSR count). The highest BCUT2D eigenvalue weighted by Gasteiger charge is 2.22. The fraction of sp³-hybridized carbons (Fsp3) is 0.300. The van der Waals surface area contributed by atoms with Crippen molar-refractivity contribution in [2.75, 3.05) is 18.4 Å². The lowest BCUT2D eigenvalue weighted by Gasteiger charge is -2.29. The van der Waals surface area contributed by atoms with Gasteiger partial charge in [0.1, 0.15) is 0 Å². The van der Waals surface area contributed by atoms with E-state index in [0.717, 1.165) is 35.3 Å². The van der Waals surface area contributed by atoms with Crippen LogP contribution >= 0.6 is 0 Å². The Morgan fingerprint density at radius 2 is 1.85 bits per heavy atom. The molecule has 1 fully saturated rings. The number of aromatic nitrogens is 4. The number of carbonyl (C=O) groups excluding carboxylic acids is 2. The third-order valence-electron chi connectivity index (χ3n) is 7.03. The third kappa shape index (κ3) is 6.24. The van der Waals surface area contributed by atoms with E-state index in [1.807, 2.05) is 77.4 Å². The molecule has 0 aliphatic carbocycles. The number of carbonyl (C=O) groups is 2. The first kappa shape index (κ1) is 25.9. The van der Waals surface area contributed by atoms with Gasteiger partial charge in [-0.25, -0.2) is 4.98 Å². The summed E-state index contributed by atoms with van der Waals surface area (Å²) in [6, 6.07) is 19.4. The molecule has 0 bridgehead atoms. The second kappa shape index (κ2) is 11.8. The predicted octanol–water partition coefficient (Wildman–Crippen LogP) is 4.61. The first-order valence-electron chi connectivity index (χ1n) is 13.2. The number of likely N-dealkylation sites (tertiary alicyclic amines) is 1. The van der Waals surface area contributed by atoms with Gasteiger partial charge < -0.3 is 4.90 Å². The topological polar surface area (TPSA) is 109 Å². The number of amides is 2. The maximum absolute atomic E-state index is 13.3. The van der Waals surface area contributed by atoms with Gasteiger partial charge in [0.25, 0.3) is 5.91 Å². The van der Waals surface area contributed by atoms with Gasteiger partial charge in [0.15, 0.2) is 0 Å². The maximum Gasteiger partial charge on any atom is 0.258 e. The third-order valence-corrected chi connectivity index (χ3v) is 7.03. The summed E-state index contributed by atoms with van der Waals surface area (Å²) in [5, 5.41) is 16.3. The normalized spacial score (nSPS) is 13.7. The molecule has 0 unspecified atom stereocenters. The number of para-hydroxylation sites is 1. The molecule has 198 valence electrons. The number of nitrogens with zero attached hydrogens (tertiary/aromatic N) is 6. The predicted molar refractivity (Wildman–Crippen MR) is 148 cm³/mol. The first-order chi connectivity index (χ1) is 19.0. The molecule has 1 saturated heterocycles. The number of anilines is 1. The molecule has 4 aromatic rings. The fourth-order valence-corrected chi connectivity index (χ4v) is 4.84. The lowest BCUT2D eigenvalue weighted by molar-refractivity contribution is -0.132. The minimum Gasteiger partial charge on any atom is -0.343 e. The Balaban J connectivity index is 1.28. The van der Waals surface area contributed by atoms with Gasteiger partial charge in [-0.05, 0) is 55.5 Å². The van der Waals surface area contributed by atoms with Gasteiger partial charge >= 0.3 is 0 Å². The number of nitrogens with one attached hydrogen (secondary N) is 1. The van der Waals surface area contributed by atoms with E-state index in [0.29, 0.717) is 43.9 Å². The summed E-state index contributed by atoms with van der Waals surface area (Å²) in [7, 11) is 1.86. The van der Waals surface area contributed by atoms with Gasteiger partial charge in [-0.15, -0.1) is 0 Å². The van der Waals surface area contributed by atoms with Crippen molar-refractivity contribution in [1.82, 2.24) is 24.2 Å². The standard InChI is InChI=1S/C30H31N7O2/c1-35-20-25(19-32-35)23-7-5-8-24(17-23)29(39)34-30-33-26(21-37(30)27-10-3-2-4-11-27)9-6-12-28(38)36-15-13-22(18-31)14-16-36/h2-5,7-8,10-11,17,19-22H,6,9,12-16H2,1H3,(H,33,34,39). The molecule has 3 heterocycles. The van der Waals surface area contributed by atoms with Crippen molar-refractivity contribution in [3.63, 3.8) is 0 Å². The van der Waals surface area contributed by atoms with E-state index in [2.05, 4.69) is 16.5 Å². The van der Waals surface area contributed by atoms with E-state index in [-0.39, 0.29) is 17.7 Å². The average molecular weight is 522 g/mol. The number of benzene rings is 2. The van der Waals surface area contributed by atoms with E-state index >= 15 is 0 Å². The average Bonchev–Trinajstić information content (AvgIpc) is 3.59. The summed E-state index contributed by atoms with van der Waals surface area (Å²) in [6.07, 6.45) is 8.78. The Morgan fingerprint density at radius 1 is 1.05 bits per heavy atom. The van der Waals surface area contributed by atoms with E-state index in [1.54, 1.807) is 16.9 Å². The number of imidazole rings is 1. The van der Waals surface area contributed by atoms with Crippen molar-refractivity contribution in [3.05, 3.63) is 84.4 Å². The molecule has 1 aliphatic rings. The Morgan fingerprint density at radius 3 is 2.56 bits per heavy atom. The highest BCUT2D eigenvalue weighted by atomic mass is 16.2. The van der Waals surface area contributed by atoms with Gasteiger partial charge in [-0.1, -0.05) is 30.3 Å². The zero-order chi connectivity index (χ0) is 27.2. The number of nitriles is 1. The van der Waals surface area contributed by atoms with Crippen LogP contribution in [-0.4, -0.2) is 49.1 Å². The van der Waals surface area contributed by atoms with Crippen LogP contribution in [0.15, 0.2) is 73.2 Å². The highest BCUT2D eigenvalue weighted by Crippen LogP contribution is 2.23. The van der Waals surface area contributed by atoms with Crippen molar-refractivity contribution < 1.29 is 9.59 Å². The number of hydrogen-bond donors (Lipinski definition) is 1. The van der Waals surface area contributed by atoms with Crippen molar-refractivity contribution in [3.8, 4) is 22.9 Å². The molecular formula is C30H31N7O2. The summed E-state index contributed by atoms with van der Waals surface area (Å²) in [5.41, 5.74) is 4.04. The minimum atomic E-state index is -0.258. The molecule has 9 nitrogen and oxygen atoms in total. The second-order valence-corrected chi connectivity index (χ2v) is 9.84. The summed E-state index contributed by atoms with van der Waals surface area (Å²) in [4.78, 5) is 32.5. The minimum absolute atomic E-state index is 0.0578. The number of hydrogen-bond acceptors (Lipinski definition) is 5. The van der Waals surface area contributed by atoms with Crippen LogP contribution in [0.25, 0.3) is 16.8 Å². The van der Waals surface area contributed by atoms with Crippen LogP contribution in [-0.2, 0) is 18.3 Å². The molecule has 0 spiro atoms. The summed E-state index contributed by atoms with van der Waals surface area (Å²) in [6.45, 7) is 1.30. The SMILES string of the molecule is Cn1cc(-c2cccc(C(=O)Nc3nc(CCCC(=O)N4CCC(C#N)CC4)cn3-c3ccccc3)c2)cn1. The number of piperidine rings is 1. The molecule has 39 heavy (non-hydrogen) atoms. The van der Waals surface area contributed by atoms with Crippen LogP contribution in [0, 0.1) is 17.2 Å². The van der Waals surface area contributed by atoms with Crippen molar-refractivity contribution in [1.29, 1.82) is 5.26 Å². The Labute approximate surface area is 227 Å². The molecule has 0 atom stereocenters. The molecule has 9 heteroatoms. The summed E-state index contributed by atoms with van der Waals surface area (Å²) in [5.74, 6) is 0.349. The smallest absolute Gasteiger partial charge is 0.258 e. The monoisotopic (exact) mass is 521 g/mol. The molecule has 1 aliphatic heterocycles. The van der Waals surface area contributed by atoms with Crippen molar-refractivity contribution in [2.24, 2.45) is 13.0 Å². The van der Waals surface area contributed by atoms with Crippen molar-refractivity contribution in [2.45, 2.75) is 32.1 Å². The molecule has 0 saturated carbocycles. The van der Waals surface area contributed by atoms with Gasteiger partial charge in [0.05, 0.1) is 18.0 Å². The Bertz CT molecular complexity index is 1490. The van der Waals surface area contributed by atoms with Gasteiger partial charge in [0.2, 0.25) is 11.9 Å². The highest BCUT2D eigenvalue weighted by molar-refractivity contribution is 6.04. The summed E-state index contributed by atoms with van der Waals surface area (Å²) < 4.78 is 3.59. The fourth-order valence-electron chi connectivity index (χ4n) is 4.84.